The standard InChI is InChI=1S/C25H22N2OS2/c28-25-27-24-23(30-25)20(18-14-10-11-15(12-14)22(18)29-24)19-16-8-4-5-9-17(16)26-21(19)13-6-2-1-3-7-13/h1-9,14-15,18,20,22,26H,10-12H2,(H,27,28)/t14-,15-,18-,20-,22+/m0/s1. The minimum Gasteiger partial charge on any atom is -0.354 e. The summed E-state index contributed by atoms with van der Waals surface area (Å²) in [7, 11) is 0. The van der Waals surface area contributed by atoms with Gasteiger partial charge in [-0.15, -0.1) is 11.8 Å². The maximum absolute atomic E-state index is 12.4. The number of aromatic amines is 2. The lowest BCUT2D eigenvalue weighted by molar-refractivity contribution is 0.309. The summed E-state index contributed by atoms with van der Waals surface area (Å²) in [6.07, 6.45) is 4.07. The predicted octanol–water partition coefficient (Wildman–Crippen LogP) is 6.24. The number of rotatable bonds is 2. The van der Waals surface area contributed by atoms with E-state index < -0.39 is 0 Å². The van der Waals surface area contributed by atoms with Gasteiger partial charge in [0.1, 0.15) is 0 Å². The molecule has 2 aliphatic carbocycles. The molecule has 2 saturated carbocycles. The molecule has 4 aromatic rings. The van der Waals surface area contributed by atoms with E-state index in [4.69, 9.17) is 0 Å². The number of thioether (sulfide) groups is 1. The van der Waals surface area contributed by atoms with Crippen molar-refractivity contribution < 1.29 is 0 Å². The highest BCUT2D eigenvalue weighted by Crippen LogP contribution is 2.64. The number of H-pyrrole nitrogens is 2. The fourth-order valence-corrected chi connectivity index (χ4v) is 9.37. The summed E-state index contributed by atoms with van der Waals surface area (Å²) in [5, 5.41) is 3.07. The van der Waals surface area contributed by atoms with E-state index in [1.54, 1.807) is 0 Å². The summed E-state index contributed by atoms with van der Waals surface area (Å²) < 4.78 is 0. The quantitative estimate of drug-likeness (QED) is 0.396. The van der Waals surface area contributed by atoms with Crippen molar-refractivity contribution in [1.82, 2.24) is 9.97 Å². The van der Waals surface area contributed by atoms with Gasteiger partial charge >= 0.3 is 4.87 Å². The lowest BCUT2D eigenvalue weighted by Gasteiger charge is -2.40. The Morgan fingerprint density at radius 3 is 2.60 bits per heavy atom. The van der Waals surface area contributed by atoms with Crippen LogP contribution in [0, 0.1) is 17.8 Å². The van der Waals surface area contributed by atoms with E-state index in [-0.39, 0.29) is 10.8 Å². The van der Waals surface area contributed by atoms with Crippen LogP contribution >= 0.6 is 23.1 Å². The zero-order valence-corrected chi connectivity index (χ0v) is 18.1. The Bertz CT molecular complexity index is 1320. The molecule has 2 aromatic heterocycles. The molecule has 2 N–H and O–H groups in total. The van der Waals surface area contributed by atoms with Crippen molar-refractivity contribution >= 4 is 34.0 Å². The van der Waals surface area contributed by atoms with Crippen molar-refractivity contribution in [2.24, 2.45) is 17.8 Å². The zero-order chi connectivity index (χ0) is 19.8. The maximum Gasteiger partial charge on any atom is 0.305 e. The Labute approximate surface area is 182 Å². The normalized spacial score (nSPS) is 29.3. The molecule has 5 atom stereocenters. The second-order valence-electron chi connectivity index (χ2n) is 9.00. The maximum atomic E-state index is 12.4. The highest BCUT2D eigenvalue weighted by atomic mass is 32.2. The van der Waals surface area contributed by atoms with E-state index in [2.05, 4.69) is 64.6 Å². The minimum atomic E-state index is 0.0888. The number of hydrogen-bond donors (Lipinski definition) is 2. The first-order valence-electron chi connectivity index (χ1n) is 10.8. The van der Waals surface area contributed by atoms with E-state index in [1.165, 1.54) is 63.2 Å². The smallest absolute Gasteiger partial charge is 0.305 e. The van der Waals surface area contributed by atoms with Crippen LogP contribution in [0.25, 0.3) is 22.2 Å². The summed E-state index contributed by atoms with van der Waals surface area (Å²) in [6.45, 7) is 0. The van der Waals surface area contributed by atoms with Gasteiger partial charge in [0.05, 0.1) is 10.7 Å². The Balaban J connectivity index is 1.54. The van der Waals surface area contributed by atoms with Crippen molar-refractivity contribution in [1.29, 1.82) is 0 Å². The van der Waals surface area contributed by atoms with Crippen LogP contribution in [-0.2, 0) is 0 Å². The summed E-state index contributed by atoms with van der Waals surface area (Å²) in [5.41, 5.74) is 5.04. The molecule has 0 saturated heterocycles. The lowest BCUT2D eigenvalue weighted by Crippen LogP contribution is -2.33. The molecule has 7 rings (SSSR count). The topological polar surface area (TPSA) is 48.6 Å². The van der Waals surface area contributed by atoms with Crippen LogP contribution in [-0.4, -0.2) is 15.2 Å². The Morgan fingerprint density at radius 2 is 1.70 bits per heavy atom. The number of hydrogen-bond acceptors (Lipinski definition) is 3. The second-order valence-corrected chi connectivity index (χ2v) is 11.2. The molecule has 150 valence electrons. The molecular weight excluding hydrogens is 408 g/mol. The summed E-state index contributed by atoms with van der Waals surface area (Å²) in [5.74, 6) is 2.49. The Hall–Kier alpha value is -2.24. The first kappa shape index (κ1) is 17.4. The number of benzene rings is 2. The number of fused-ring (bicyclic) bond motifs is 7. The van der Waals surface area contributed by atoms with Crippen LogP contribution < -0.4 is 4.87 Å². The van der Waals surface area contributed by atoms with Gasteiger partial charge in [-0.05, 0) is 54.2 Å². The van der Waals surface area contributed by atoms with Gasteiger partial charge in [-0.2, -0.15) is 0 Å². The zero-order valence-electron chi connectivity index (χ0n) is 16.4. The van der Waals surface area contributed by atoms with Crippen LogP contribution in [0.5, 0.6) is 0 Å². The molecule has 0 unspecified atom stereocenters. The molecule has 0 amide bonds. The van der Waals surface area contributed by atoms with Gasteiger partial charge in [0.25, 0.3) is 0 Å². The second kappa shape index (κ2) is 6.38. The lowest BCUT2D eigenvalue weighted by atomic mass is 9.73. The molecule has 2 aromatic carbocycles. The van der Waals surface area contributed by atoms with Crippen molar-refractivity contribution in [2.45, 2.75) is 35.5 Å². The van der Waals surface area contributed by atoms with Crippen LogP contribution in [0.4, 0.5) is 0 Å². The van der Waals surface area contributed by atoms with Gasteiger partial charge in [0, 0.05) is 26.9 Å². The molecule has 0 radical (unpaired) electrons. The monoisotopic (exact) mass is 430 g/mol. The third-order valence-corrected chi connectivity index (χ3v) is 10.2. The molecule has 30 heavy (non-hydrogen) atoms. The van der Waals surface area contributed by atoms with Gasteiger partial charge in [0.15, 0.2) is 0 Å². The molecule has 5 heteroatoms. The highest BCUT2D eigenvalue weighted by molar-refractivity contribution is 8.00. The van der Waals surface area contributed by atoms with E-state index in [1.807, 2.05) is 11.8 Å². The summed E-state index contributed by atoms with van der Waals surface area (Å²) in [4.78, 5) is 20.7. The number of para-hydroxylation sites is 1. The highest BCUT2D eigenvalue weighted by Gasteiger charge is 2.55. The van der Waals surface area contributed by atoms with Crippen molar-refractivity contribution in [2.75, 3.05) is 0 Å². The molecule has 3 heterocycles. The van der Waals surface area contributed by atoms with E-state index in [9.17, 15) is 4.79 Å². The third-order valence-electron chi connectivity index (χ3n) is 7.59. The first-order valence-corrected chi connectivity index (χ1v) is 12.5. The largest absolute Gasteiger partial charge is 0.354 e. The number of thiazole rings is 1. The Morgan fingerprint density at radius 1 is 0.900 bits per heavy atom. The van der Waals surface area contributed by atoms with Crippen LogP contribution in [0.15, 0.2) is 64.4 Å². The predicted molar refractivity (Wildman–Crippen MR) is 124 cm³/mol. The van der Waals surface area contributed by atoms with Gasteiger partial charge in [-0.1, -0.05) is 59.9 Å². The fraction of sp³-hybridized carbons (Fsp3) is 0.320. The fourth-order valence-electron chi connectivity index (χ4n) is 6.49. The minimum absolute atomic E-state index is 0.0888. The molecule has 3 nitrogen and oxygen atoms in total. The van der Waals surface area contributed by atoms with E-state index in [0.717, 1.165) is 16.9 Å². The van der Waals surface area contributed by atoms with Gasteiger partial charge < -0.3 is 9.97 Å². The van der Waals surface area contributed by atoms with E-state index in [0.29, 0.717) is 11.2 Å². The van der Waals surface area contributed by atoms with Crippen LogP contribution in [0.1, 0.15) is 35.6 Å². The molecule has 2 bridgehead atoms. The Kier molecular flexibility index (Phi) is 3.71. The molecule has 1 aliphatic heterocycles. The number of nitrogens with one attached hydrogen (secondary N) is 2. The average molecular weight is 431 g/mol. The average Bonchev–Trinajstić information content (AvgIpc) is 3.54. The van der Waals surface area contributed by atoms with Crippen LogP contribution in [0.2, 0.25) is 0 Å². The van der Waals surface area contributed by atoms with Crippen molar-refractivity contribution in [3.8, 4) is 11.3 Å². The first-order chi connectivity index (χ1) is 14.8. The number of aromatic nitrogens is 2. The molecular formula is C25H22N2OS2. The third kappa shape index (κ3) is 2.36. The van der Waals surface area contributed by atoms with Crippen molar-refractivity contribution in [3.63, 3.8) is 0 Å². The van der Waals surface area contributed by atoms with E-state index >= 15 is 0 Å². The van der Waals surface area contributed by atoms with Gasteiger partial charge in [-0.25, -0.2) is 0 Å². The van der Waals surface area contributed by atoms with Crippen molar-refractivity contribution in [3.05, 3.63) is 74.7 Å². The van der Waals surface area contributed by atoms with Crippen LogP contribution in [0.3, 0.4) is 0 Å². The molecule has 2 fully saturated rings. The summed E-state index contributed by atoms with van der Waals surface area (Å²) in [6, 6.07) is 19.4. The SMILES string of the molecule is O=c1[nH]c2c(s1)[C@H](c1c(-c3ccccc3)[nH]c3ccccc13)[C@@H]1[C@H]3CC[C@@H](C3)[C@H]1S2. The molecule has 0 spiro atoms. The molecule has 3 aliphatic rings. The van der Waals surface area contributed by atoms with Gasteiger partial charge in [0.2, 0.25) is 0 Å². The summed E-state index contributed by atoms with van der Waals surface area (Å²) >= 11 is 3.40. The van der Waals surface area contributed by atoms with Gasteiger partial charge in [-0.3, -0.25) is 4.79 Å².